The number of nitrogens with zero attached hydrogens (tertiary/aromatic N) is 3. The largest absolute Gasteiger partial charge is 0.481 e. The summed E-state index contributed by atoms with van der Waals surface area (Å²) in [6.45, 7) is 15.7. The van der Waals surface area contributed by atoms with Gasteiger partial charge in [0, 0.05) is 66.0 Å². The monoisotopic (exact) mass is 786 g/mol. The Morgan fingerprint density at radius 1 is 0.839 bits per heavy atom. The zero-order chi connectivity index (χ0) is 42.4. The maximum Gasteiger partial charge on any atom is 0.307 e. The highest BCUT2D eigenvalue weighted by atomic mass is 16.5. The molecule has 3 amide bonds. The number of Topliss-reactive ketones (excluding diaryl/α,β-unsaturated/α-hetero) is 2. The highest BCUT2D eigenvalue weighted by Crippen LogP contribution is 2.32. The molecule has 1 saturated heterocycles. The Balaban J connectivity index is 2.29. The van der Waals surface area contributed by atoms with E-state index in [1.165, 1.54) is 19.1 Å². The van der Waals surface area contributed by atoms with Crippen molar-refractivity contribution in [2.75, 3.05) is 34.9 Å². The number of aliphatic carboxylic acids is 1. The van der Waals surface area contributed by atoms with Gasteiger partial charge in [0.1, 0.15) is 5.78 Å². The van der Waals surface area contributed by atoms with Gasteiger partial charge in [-0.25, -0.2) is 0 Å². The lowest BCUT2D eigenvalue weighted by Gasteiger charge is -2.41. The van der Waals surface area contributed by atoms with Gasteiger partial charge in [-0.2, -0.15) is 0 Å². The second-order valence-electron chi connectivity index (χ2n) is 16.6. The van der Waals surface area contributed by atoms with Crippen molar-refractivity contribution in [3.63, 3.8) is 0 Å². The number of likely N-dealkylation sites (N-methyl/N-ethyl adjacent to an activating group) is 2. The second-order valence-corrected chi connectivity index (χ2v) is 16.6. The van der Waals surface area contributed by atoms with Crippen LogP contribution in [0.25, 0.3) is 0 Å². The Bertz CT molecular complexity index is 1450. The molecule has 316 valence electrons. The molecule has 1 N–H and O–H groups in total. The minimum absolute atomic E-state index is 0.0127. The van der Waals surface area contributed by atoms with Crippen molar-refractivity contribution in [1.82, 2.24) is 14.7 Å². The molecule has 12 heteroatoms. The summed E-state index contributed by atoms with van der Waals surface area (Å²) < 4.78 is 11.9. The van der Waals surface area contributed by atoms with Crippen LogP contribution in [0.4, 0.5) is 0 Å². The first-order valence-corrected chi connectivity index (χ1v) is 20.6. The number of carboxylic acids is 1. The summed E-state index contributed by atoms with van der Waals surface area (Å²) in [5.41, 5.74) is 0.841. The molecule has 1 aliphatic rings. The molecule has 12 nitrogen and oxygen atoms in total. The number of carboxylic acid groups (broad SMARTS) is 1. The lowest BCUT2D eigenvalue weighted by molar-refractivity contribution is -0.150. The van der Waals surface area contributed by atoms with Gasteiger partial charge >= 0.3 is 5.97 Å². The van der Waals surface area contributed by atoms with Gasteiger partial charge in [0.2, 0.25) is 17.7 Å². The average Bonchev–Trinajstić information content (AvgIpc) is 3.65. The van der Waals surface area contributed by atoms with Crippen molar-refractivity contribution in [1.29, 1.82) is 0 Å². The molecule has 1 heterocycles. The smallest absolute Gasteiger partial charge is 0.307 e. The SMILES string of the molecule is CCC(=O)N(C)[C@H](C(=O)C[C@H](C(=O)N(C)C([C@@H](C)CC)[C@@H](CC(=O)N1CCC[C@H]1[C@H](OC)[C@@H](C)C(=O)C[C@@H](Cc1ccccc1)C(=O)O)OC)C(C)C)C(C)C. The van der Waals surface area contributed by atoms with Gasteiger partial charge in [0.15, 0.2) is 5.78 Å². The molecule has 1 aromatic carbocycles. The Hall–Kier alpha value is -3.64. The van der Waals surface area contributed by atoms with Crippen LogP contribution in [0.3, 0.4) is 0 Å². The highest BCUT2D eigenvalue weighted by molar-refractivity contribution is 5.93. The molecule has 9 atom stereocenters. The molecule has 0 spiro atoms. The fourth-order valence-corrected chi connectivity index (χ4v) is 8.56. The van der Waals surface area contributed by atoms with E-state index in [9.17, 15) is 33.9 Å². The minimum atomic E-state index is -1.03. The van der Waals surface area contributed by atoms with Gasteiger partial charge in [-0.05, 0) is 42.6 Å². The number of hydrogen-bond acceptors (Lipinski definition) is 8. The minimum Gasteiger partial charge on any atom is -0.481 e. The topological polar surface area (TPSA) is 151 Å². The molecular weight excluding hydrogens is 714 g/mol. The van der Waals surface area contributed by atoms with E-state index in [0.717, 1.165) is 5.56 Å². The van der Waals surface area contributed by atoms with Crippen LogP contribution >= 0.6 is 0 Å². The molecule has 1 fully saturated rings. The quantitative estimate of drug-likeness (QED) is 0.135. The zero-order valence-electron chi connectivity index (χ0n) is 36.2. The number of benzene rings is 1. The zero-order valence-corrected chi connectivity index (χ0v) is 36.2. The maximum atomic E-state index is 14.4. The first-order valence-electron chi connectivity index (χ1n) is 20.6. The highest BCUT2D eigenvalue weighted by Gasteiger charge is 2.43. The van der Waals surface area contributed by atoms with Crippen LogP contribution in [0, 0.1) is 35.5 Å². The van der Waals surface area contributed by atoms with E-state index in [0.29, 0.717) is 25.8 Å². The van der Waals surface area contributed by atoms with Crippen LogP contribution in [0.2, 0.25) is 0 Å². The molecule has 0 radical (unpaired) electrons. The predicted molar refractivity (Wildman–Crippen MR) is 217 cm³/mol. The summed E-state index contributed by atoms with van der Waals surface area (Å²) in [5, 5.41) is 9.95. The first-order chi connectivity index (χ1) is 26.4. The van der Waals surface area contributed by atoms with Crippen molar-refractivity contribution in [3.05, 3.63) is 35.9 Å². The number of carbonyl (C=O) groups is 6. The maximum absolute atomic E-state index is 14.4. The van der Waals surface area contributed by atoms with E-state index >= 15 is 0 Å². The molecule has 0 saturated carbocycles. The van der Waals surface area contributed by atoms with E-state index in [2.05, 4.69) is 0 Å². The Kier molecular flexibility index (Phi) is 19.9. The third-order valence-corrected chi connectivity index (χ3v) is 12.1. The number of ketones is 2. The van der Waals surface area contributed by atoms with Gasteiger partial charge in [0.25, 0.3) is 0 Å². The number of likely N-dealkylation sites (tertiary alicyclic amines) is 1. The number of amides is 3. The van der Waals surface area contributed by atoms with Gasteiger partial charge in [-0.15, -0.1) is 0 Å². The van der Waals surface area contributed by atoms with Gasteiger partial charge in [-0.1, -0.05) is 92.1 Å². The Morgan fingerprint density at radius 2 is 1.46 bits per heavy atom. The fraction of sp³-hybridized carbons (Fsp3) is 0.727. The Morgan fingerprint density at radius 3 is 1.96 bits per heavy atom. The summed E-state index contributed by atoms with van der Waals surface area (Å²) >= 11 is 0. The van der Waals surface area contributed by atoms with Crippen LogP contribution in [0.1, 0.15) is 106 Å². The van der Waals surface area contributed by atoms with Crippen LogP contribution in [0.15, 0.2) is 30.3 Å². The molecular formula is C44H71N3O9. The number of methoxy groups -OCH3 is 2. The third kappa shape index (κ3) is 12.7. The molecule has 0 bridgehead atoms. The second kappa shape index (κ2) is 22.9. The standard InChI is InChI=1S/C44H71N3O9/c1-13-29(7)41(46(10)43(52)33(27(3)4)25-36(49)40(28(5)6)45(9)38(50)14-2)37(55-11)26-39(51)47-22-18-21-34(47)42(56-12)30(8)35(48)24-32(44(53)54)23-31-19-16-15-17-20-31/h15-17,19-20,27-30,32-34,37,40-42H,13-14,18,21-26H2,1-12H3,(H,53,54)/t29-,30-,32+,33-,34-,37+,40-,41?,42+/m0/s1. The summed E-state index contributed by atoms with van der Waals surface area (Å²) in [6, 6.07) is 7.70. The van der Waals surface area contributed by atoms with Crippen molar-refractivity contribution >= 4 is 35.3 Å². The number of hydrogen-bond donors (Lipinski definition) is 1. The number of ether oxygens (including phenoxy) is 2. The van der Waals surface area contributed by atoms with Crippen molar-refractivity contribution in [3.8, 4) is 0 Å². The summed E-state index contributed by atoms with van der Waals surface area (Å²) in [7, 11) is 6.42. The summed E-state index contributed by atoms with van der Waals surface area (Å²) in [6.07, 6.45) is 1.08. The predicted octanol–water partition coefficient (Wildman–Crippen LogP) is 5.93. The van der Waals surface area contributed by atoms with E-state index < -0.39 is 54.1 Å². The summed E-state index contributed by atoms with van der Waals surface area (Å²) in [5.74, 6) is -4.47. The molecule has 0 aromatic heterocycles. The molecule has 1 unspecified atom stereocenters. The van der Waals surface area contributed by atoms with Crippen LogP contribution < -0.4 is 0 Å². The van der Waals surface area contributed by atoms with Crippen molar-refractivity contribution in [2.45, 2.75) is 137 Å². The van der Waals surface area contributed by atoms with Gasteiger partial charge in [0.05, 0.1) is 42.7 Å². The Labute approximate surface area is 336 Å². The third-order valence-electron chi connectivity index (χ3n) is 12.1. The van der Waals surface area contributed by atoms with Gasteiger partial charge < -0.3 is 29.3 Å². The average molecular weight is 786 g/mol. The van der Waals surface area contributed by atoms with Crippen LogP contribution in [-0.4, -0.2) is 120 Å². The summed E-state index contributed by atoms with van der Waals surface area (Å²) in [4.78, 5) is 85.7. The first kappa shape index (κ1) is 48.5. The molecule has 1 aromatic rings. The molecule has 1 aliphatic heterocycles. The fourth-order valence-electron chi connectivity index (χ4n) is 8.56. The molecule has 56 heavy (non-hydrogen) atoms. The number of rotatable bonds is 24. The number of carbonyl (C=O) groups excluding carboxylic acids is 5. The van der Waals surface area contributed by atoms with E-state index in [1.54, 1.807) is 37.7 Å². The lowest BCUT2D eigenvalue weighted by Crippen LogP contribution is -2.54. The lowest BCUT2D eigenvalue weighted by atomic mass is 9.83. The van der Waals surface area contributed by atoms with Crippen LogP contribution in [0.5, 0.6) is 0 Å². The van der Waals surface area contributed by atoms with Crippen molar-refractivity contribution in [2.24, 2.45) is 35.5 Å². The molecule has 2 rings (SSSR count). The normalized spacial score (nSPS) is 18.8. The van der Waals surface area contributed by atoms with E-state index in [-0.39, 0.29) is 79.1 Å². The van der Waals surface area contributed by atoms with Gasteiger partial charge in [-0.3, -0.25) is 28.8 Å². The van der Waals surface area contributed by atoms with Crippen molar-refractivity contribution < 1.29 is 43.3 Å². The van der Waals surface area contributed by atoms with E-state index in [4.69, 9.17) is 9.47 Å². The molecule has 0 aliphatic carbocycles. The van der Waals surface area contributed by atoms with E-state index in [1.807, 2.05) is 71.9 Å². The van der Waals surface area contributed by atoms with Crippen LogP contribution in [-0.2, 0) is 44.7 Å².